The molecule has 0 bridgehead atoms. The summed E-state index contributed by atoms with van der Waals surface area (Å²) in [7, 11) is 0. The van der Waals surface area contributed by atoms with E-state index in [1.807, 2.05) is 30.3 Å². The Morgan fingerprint density at radius 1 is 0.667 bits per heavy atom. The highest BCUT2D eigenvalue weighted by atomic mass is 32.2. The molecule has 3 heteroatoms. The van der Waals surface area contributed by atoms with E-state index < -0.39 is 0 Å². The second-order valence-electron chi connectivity index (χ2n) is 7.23. The number of fused-ring (bicyclic) bond motifs is 2. The summed E-state index contributed by atoms with van der Waals surface area (Å²) in [6.07, 6.45) is 10.5. The molecule has 0 aromatic heterocycles. The van der Waals surface area contributed by atoms with Crippen LogP contribution in [0.4, 0.5) is 0 Å². The van der Waals surface area contributed by atoms with Crippen molar-refractivity contribution in [2.24, 2.45) is 0 Å². The van der Waals surface area contributed by atoms with E-state index >= 15 is 0 Å². The maximum Gasteiger partial charge on any atom is 0.194 e. The van der Waals surface area contributed by atoms with E-state index in [-0.39, 0.29) is 11.6 Å². The zero-order chi connectivity index (χ0) is 19.1. The molecule has 2 aromatic carbocycles. The van der Waals surface area contributed by atoms with Crippen LogP contribution in [-0.4, -0.2) is 17.3 Å². The smallest absolute Gasteiger partial charge is 0.194 e. The van der Waals surface area contributed by atoms with Gasteiger partial charge in [-0.05, 0) is 30.4 Å². The Balaban J connectivity index is 1.51. The molecule has 0 unspecified atom stereocenters. The van der Waals surface area contributed by atoms with Crippen LogP contribution in [0.25, 0.3) is 0 Å². The average Bonchev–Trinajstić information content (AvgIpc) is 2.70. The highest BCUT2D eigenvalue weighted by Crippen LogP contribution is 2.30. The minimum atomic E-state index is -0.0418. The molecule has 0 aliphatic heterocycles. The first-order valence-electron chi connectivity index (χ1n) is 10.2. The first-order chi connectivity index (χ1) is 13.2. The van der Waals surface area contributed by atoms with Crippen molar-refractivity contribution >= 4 is 23.3 Å². The van der Waals surface area contributed by atoms with Crippen molar-refractivity contribution in [2.75, 3.05) is 5.75 Å². The first-order valence-corrected chi connectivity index (χ1v) is 11.2. The number of hydrogen-bond donors (Lipinski definition) is 0. The van der Waals surface area contributed by atoms with Gasteiger partial charge in [-0.3, -0.25) is 9.59 Å². The lowest BCUT2D eigenvalue weighted by molar-refractivity contribution is 0.0979. The molecule has 1 aliphatic rings. The molecular formula is C24H28O2S. The van der Waals surface area contributed by atoms with Crippen molar-refractivity contribution in [3.05, 3.63) is 64.7 Å². The van der Waals surface area contributed by atoms with E-state index in [1.54, 1.807) is 23.9 Å². The number of thioether (sulfide) groups is 1. The summed E-state index contributed by atoms with van der Waals surface area (Å²) in [6, 6.07) is 12.8. The highest BCUT2D eigenvalue weighted by Gasteiger charge is 2.29. The Hall–Kier alpha value is -1.87. The SMILES string of the molecule is CCCCCCCCCCSc1ccc2c(c1)C(=O)c1ccccc1C2=O. The fraction of sp³-hybridized carbons (Fsp3) is 0.417. The van der Waals surface area contributed by atoms with Crippen LogP contribution in [0, 0.1) is 0 Å². The average molecular weight is 381 g/mol. The molecule has 0 saturated heterocycles. The molecule has 0 amide bonds. The van der Waals surface area contributed by atoms with E-state index in [0.29, 0.717) is 22.3 Å². The molecule has 0 saturated carbocycles. The Bertz CT molecular complexity index is 810. The Labute approximate surface area is 166 Å². The van der Waals surface area contributed by atoms with Gasteiger partial charge in [0.05, 0.1) is 0 Å². The van der Waals surface area contributed by atoms with Crippen LogP contribution in [0.15, 0.2) is 47.4 Å². The highest BCUT2D eigenvalue weighted by molar-refractivity contribution is 7.99. The summed E-state index contributed by atoms with van der Waals surface area (Å²) >= 11 is 1.79. The van der Waals surface area contributed by atoms with Gasteiger partial charge in [-0.1, -0.05) is 76.1 Å². The number of hydrogen-bond acceptors (Lipinski definition) is 3. The Kier molecular flexibility index (Phi) is 7.28. The van der Waals surface area contributed by atoms with E-state index in [0.717, 1.165) is 10.6 Å². The van der Waals surface area contributed by atoms with Crippen molar-refractivity contribution in [1.82, 2.24) is 0 Å². The molecule has 27 heavy (non-hydrogen) atoms. The van der Waals surface area contributed by atoms with Gasteiger partial charge in [0, 0.05) is 27.1 Å². The largest absolute Gasteiger partial charge is 0.289 e. The van der Waals surface area contributed by atoms with Crippen LogP contribution in [0.3, 0.4) is 0 Å². The molecule has 0 radical (unpaired) electrons. The minimum absolute atomic E-state index is 0.0327. The van der Waals surface area contributed by atoms with Gasteiger partial charge in [0.1, 0.15) is 0 Å². The van der Waals surface area contributed by atoms with Gasteiger partial charge in [0.25, 0.3) is 0 Å². The molecule has 0 fully saturated rings. The zero-order valence-electron chi connectivity index (χ0n) is 16.1. The first kappa shape index (κ1) is 19.9. The predicted molar refractivity (Wildman–Crippen MR) is 113 cm³/mol. The van der Waals surface area contributed by atoms with Crippen molar-refractivity contribution in [3.63, 3.8) is 0 Å². The van der Waals surface area contributed by atoms with Crippen molar-refractivity contribution < 1.29 is 9.59 Å². The summed E-state index contributed by atoms with van der Waals surface area (Å²) in [5.74, 6) is 0.987. The zero-order valence-corrected chi connectivity index (χ0v) is 16.9. The van der Waals surface area contributed by atoms with Crippen molar-refractivity contribution in [3.8, 4) is 0 Å². The minimum Gasteiger partial charge on any atom is -0.289 e. The third-order valence-corrected chi connectivity index (χ3v) is 6.24. The van der Waals surface area contributed by atoms with Crippen LogP contribution in [0.1, 0.15) is 90.1 Å². The summed E-state index contributed by atoms with van der Waals surface area (Å²) in [5, 5.41) is 0. The van der Waals surface area contributed by atoms with Crippen LogP contribution in [0.2, 0.25) is 0 Å². The molecule has 0 heterocycles. The van der Waals surface area contributed by atoms with Gasteiger partial charge >= 0.3 is 0 Å². The van der Waals surface area contributed by atoms with E-state index in [1.165, 1.54) is 51.4 Å². The Morgan fingerprint density at radius 2 is 1.22 bits per heavy atom. The van der Waals surface area contributed by atoms with Crippen molar-refractivity contribution in [2.45, 2.75) is 63.2 Å². The summed E-state index contributed by atoms with van der Waals surface area (Å²) in [6.45, 7) is 2.25. The van der Waals surface area contributed by atoms with Crippen LogP contribution in [-0.2, 0) is 0 Å². The number of ketones is 2. The van der Waals surface area contributed by atoms with E-state index in [2.05, 4.69) is 6.92 Å². The molecule has 0 spiro atoms. The molecule has 2 nitrogen and oxygen atoms in total. The molecular weight excluding hydrogens is 352 g/mol. The van der Waals surface area contributed by atoms with Gasteiger partial charge in [-0.2, -0.15) is 0 Å². The van der Waals surface area contributed by atoms with Gasteiger partial charge in [0.15, 0.2) is 11.6 Å². The fourth-order valence-corrected chi connectivity index (χ4v) is 4.54. The molecule has 2 aromatic rings. The quantitative estimate of drug-likeness (QED) is 0.290. The number of rotatable bonds is 10. The summed E-state index contributed by atoms with van der Waals surface area (Å²) in [4.78, 5) is 26.5. The maximum atomic E-state index is 12.8. The summed E-state index contributed by atoms with van der Waals surface area (Å²) in [5.41, 5.74) is 2.14. The lowest BCUT2D eigenvalue weighted by atomic mass is 9.84. The monoisotopic (exact) mass is 380 g/mol. The topological polar surface area (TPSA) is 34.1 Å². The summed E-state index contributed by atoms with van der Waals surface area (Å²) < 4.78 is 0. The van der Waals surface area contributed by atoms with Crippen LogP contribution >= 0.6 is 11.8 Å². The van der Waals surface area contributed by atoms with Crippen LogP contribution in [0.5, 0.6) is 0 Å². The second kappa shape index (κ2) is 9.89. The van der Waals surface area contributed by atoms with Gasteiger partial charge in [0.2, 0.25) is 0 Å². The molecule has 1 aliphatic carbocycles. The van der Waals surface area contributed by atoms with Crippen molar-refractivity contribution in [1.29, 1.82) is 0 Å². The number of unbranched alkanes of at least 4 members (excludes halogenated alkanes) is 7. The van der Waals surface area contributed by atoms with Gasteiger partial charge in [-0.15, -0.1) is 11.8 Å². The third kappa shape index (κ3) is 4.90. The lowest BCUT2D eigenvalue weighted by Gasteiger charge is -2.17. The van der Waals surface area contributed by atoms with E-state index in [9.17, 15) is 9.59 Å². The molecule has 3 rings (SSSR count). The van der Waals surface area contributed by atoms with E-state index in [4.69, 9.17) is 0 Å². The third-order valence-electron chi connectivity index (χ3n) is 5.16. The Morgan fingerprint density at radius 3 is 1.89 bits per heavy atom. The standard InChI is InChI=1S/C24H28O2S/c1-2-3-4-5-6-7-8-11-16-27-18-14-15-21-22(17-18)24(26)20-13-10-9-12-19(20)23(21)25/h9-10,12-15,17H,2-8,11,16H2,1H3. The second-order valence-corrected chi connectivity index (χ2v) is 8.40. The van der Waals surface area contributed by atoms with Gasteiger partial charge < -0.3 is 0 Å². The molecule has 0 N–H and O–H groups in total. The fourth-order valence-electron chi connectivity index (χ4n) is 3.59. The lowest BCUT2D eigenvalue weighted by Crippen LogP contribution is -2.20. The number of benzene rings is 2. The normalized spacial score (nSPS) is 12.8. The maximum absolute atomic E-state index is 12.8. The number of carbonyl (C=O) groups is 2. The van der Waals surface area contributed by atoms with Gasteiger partial charge in [-0.25, -0.2) is 0 Å². The molecule has 142 valence electrons. The van der Waals surface area contributed by atoms with Crippen LogP contribution < -0.4 is 0 Å². The predicted octanol–water partition coefficient (Wildman–Crippen LogP) is 6.69. The molecule has 0 atom stereocenters. The number of carbonyl (C=O) groups excluding carboxylic acids is 2.